The summed E-state index contributed by atoms with van der Waals surface area (Å²) in [6, 6.07) is 3.75. The molecule has 1 aromatic heterocycles. The fraction of sp³-hybridized carbons (Fsp3) is 0.357. The van der Waals surface area contributed by atoms with Gasteiger partial charge in [0.1, 0.15) is 6.54 Å². The molecule has 0 aliphatic rings. The van der Waals surface area contributed by atoms with Gasteiger partial charge in [0.05, 0.1) is 5.69 Å². The largest absolute Gasteiger partial charge is 0.426 e. The number of amides is 1. The number of rotatable bonds is 4. The standard InChI is InChI=1S/C14H16ClN3O2/c1-4-11-12(15)6-5-9(2)14(11)18(10(3)19)7-13-17-16-8-20-13/h5-6,8H,4,7H2,1-3H3. The SMILES string of the molecule is CCc1c(Cl)ccc(C)c1N(Cc1nnco1)C(C)=O. The van der Waals surface area contributed by atoms with Crippen molar-refractivity contribution in [3.05, 3.63) is 40.6 Å². The number of hydrogen-bond donors (Lipinski definition) is 0. The molecule has 1 aromatic carbocycles. The molecule has 1 heterocycles. The average molecular weight is 294 g/mol. The van der Waals surface area contributed by atoms with Crippen LogP contribution in [0.4, 0.5) is 5.69 Å². The molecule has 5 nitrogen and oxygen atoms in total. The van der Waals surface area contributed by atoms with E-state index in [0.717, 1.165) is 23.2 Å². The lowest BCUT2D eigenvalue weighted by atomic mass is 10.0. The Kier molecular flexibility index (Phi) is 4.39. The van der Waals surface area contributed by atoms with E-state index < -0.39 is 0 Å². The Hall–Kier alpha value is -1.88. The Morgan fingerprint density at radius 2 is 2.20 bits per heavy atom. The van der Waals surface area contributed by atoms with Crippen LogP contribution >= 0.6 is 11.6 Å². The number of aromatic nitrogens is 2. The second-order valence-corrected chi connectivity index (χ2v) is 4.89. The summed E-state index contributed by atoms with van der Waals surface area (Å²) in [6.45, 7) is 5.71. The lowest BCUT2D eigenvalue weighted by Crippen LogP contribution is -2.29. The molecule has 0 fully saturated rings. The van der Waals surface area contributed by atoms with Crippen LogP contribution in [0, 0.1) is 6.92 Å². The van der Waals surface area contributed by atoms with Gasteiger partial charge in [-0.15, -0.1) is 10.2 Å². The molecule has 0 radical (unpaired) electrons. The highest BCUT2D eigenvalue weighted by Gasteiger charge is 2.21. The summed E-state index contributed by atoms with van der Waals surface area (Å²) in [5.41, 5.74) is 2.76. The summed E-state index contributed by atoms with van der Waals surface area (Å²) in [5, 5.41) is 8.12. The van der Waals surface area contributed by atoms with Gasteiger partial charge in [-0.2, -0.15) is 0 Å². The van der Waals surface area contributed by atoms with Gasteiger partial charge in [0, 0.05) is 11.9 Å². The fourth-order valence-corrected chi connectivity index (χ4v) is 2.47. The van der Waals surface area contributed by atoms with Crippen LogP contribution in [0.3, 0.4) is 0 Å². The third kappa shape index (κ3) is 2.82. The highest BCUT2D eigenvalue weighted by atomic mass is 35.5. The van der Waals surface area contributed by atoms with Gasteiger partial charge in [0.15, 0.2) is 0 Å². The highest BCUT2D eigenvalue weighted by Crippen LogP contribution is 2.32. The molecule has 6 heteroatoms. The minimum absolute atomic E-state index is 0.0942. The van der Waals surface area contributed by atoms with Crippen molar-refractivity contribution in [2.45, 2.75) is 33.7 Å². The molecule has 0 atom stereocenters. The molecule has 0 saturated heterocycles. The van der Waals surface area contributed by atoms with Crippen molar-refractivity contribution in [2.75, 3.05) is 4.90 Å². The molecule has 0 saturated carbocycles. The molecule has 0 spiro atoms. The van der Waals surface area contributed by atoms with Gasteiger partial charge < -0.3 is 9.32 Å². The molecule has 0 N–H and O–H groups in total. The van der Waals surface area contributed by atoms with Gasteiger partial charge in [-0.3, -0.25) is 4.79 Å². The molecule has 0 unspecified atom stereocenters. The summed E-state index contributed by atoms with van der Waals surface area (Å²) in [6.07, 6.45) is 1.99. The Morgan fingerprint density at radius 3 is 2.75 bits per heavy atom. The first-order valence-electron chi connectivity index (χ1n) is 6.35. The number of hydrogen-bond acceptors (Lipinski definition) is 4. The van der Waals surface area contributed by atoms with E-state index in [-0.39, 0.29) is 12.5 Å². The molecule has 1 amide bonds. The number of nitrogens with zero attached hydrogens (tertiary/aromatic N) is 3. The molecular formula is C14H16ClN3O2. The smallest absolute Gasteiger partial charge is 0.235 e. The van der Waals surface area contributed by atoms with Crippen molar-refractivity contribution in [2.24, 2.45) is 0 Å². The van der Waals surface area contributed by atoms with Crippen molar-refractivity contribution in [3.63, 3.8) is 0 Å². The van der Waals surface area contributed by atoms with E-state index in [2.05, 4.69) is 10.2 Å². The Labute approximate surface area is 122 Å². The molecule has 0 aliphatic carbocycles. The van der Waals surface area contributed by atoms with Gasteiger partial charge in [-0.05, 0) is 30.5 Å². The summed E-state index contributed by atoms with van der Waals surface area (Å²) in [7, 11) is 0. The molecular weight excluding hydrogens is 278 g/mol. The second kappa shape index (κ2) is 6.05. The number of carbonyl (C=O) groups excluding carboxylic acids is 1. The zero-order valence-corrected chi connectivity index (χ0v) is 12.4. The average Bonchev–Trinajstić information content (AvgIpc) is 2.91. The predicted octanol–water partition coefficient (Wildman–Crippen LogP) is 3.15. The van der Waals surface area contributed by atoms with Gasteiger partial charge in [0.25, 0.3) is 0 Å². The van der Waals surface area contributed by atoms with Gasteiger partial charge in [-0.1, -0.05) is 24.6 Å². The number of halogens is 1. The van der Waals surface area contributed by atoms with Crippen molar-refractivity contribution < 1.29 is 9.21 Å². The van der Waals surface area contributed by atoms with Crippen LogP contribution in [0.2, 0.25) is 5.02 Å². The van der Waals surface area contributed by atoms with E-state index in [9.17, 15) is 4.79 Å². The van der Waals surface area contributed by atoms with Crippen LogP contribution in [0.1, 0.15) is 30.9 Å². The minimum atomic E-state index is -0.0942. The van der Waals surface area contributed by atoms with Gasteiger partial charge in [-0.25, -0.2) is 0 Å². The lowest BCUT2D eigenvalue weighted by molar-refractivity contribution is -0.116. The number of aryl methyl sites for hydroxylation is 1. The summed E-state index contributed by atoms with van der Waals surface area (Å²) < 4.78 is 5.13. The fourth-order valence-electron chi connectivity index (χ4n) is 2.19. The molecule has 0 aliphatic heterocycles. The molecule has 0 bridgehead atoms. The summed E-state index contributed by atoms with van der Waals surface area (Å²) in [4.78, 5) is 13.6. The second-order valence-electron chi connectivity index (χ2n) is 4.48. The van der Waals surface area contributed by atoms with E-state index in [1.54, 1.807) is 4.90 Å². The van der Waals surface area contributed by atoms with E-state index in [4.69, 9.17) is 16.0 Å². The van der Waals surface area contributed by atoms with Crippen molar-refractivity contribution in [1.29, 1.82) is 0 Å². The van der Waals surface area contributed by atoms with Crippen LogP contribution < -0.4 is 4.90 Å². The first-order chi connectivity index (χ1) is 9.54. The zero-order valence-electron chi connectivity index (χ0n) is 11.7. The number of anilines is 1. The zero-order chi connectivity index (χ0) is 14.7. The summed E-state index contributed by atoms with van der Waals surface area (Å²) >= 11 is 6.24. The molecule has 2 aromatic rings. The number of carbonyl (C=O) groups is 1. The Morgan fingerprint density at radius 1 is 1.45 bits per heavy atom. The monoisotopic (exact) mass is 293 g/mol. The van der Waals surface area contributed by atoms with E-state index in [1.807, 2.05) is 26.0 Å². The van der Waals surface area contributed by atoms with Gasteiger partial charge in [0.2, 0.25) is 18.2 Å². The minimum Gasteiger partial charge on any atom is -0.426 e. The maximum absolute atomic E-state index is 12.0. The van der Waals surface area contributed by atoms with E-state index in [1.165, 1.54) is 13.3 Å². The maximum Gasteiger partial charge on any atom is 0.235 e. The van der Waals surface area contributed by atoms with Crippen LogP contribution in [-0.2, 0) is 17.8 Å². The first-order valence-corrected chi connectivity index (χ1v) is 6.73. The highest BCUT2D eigenvalue weighted by molar-refractivity contribution is 6.32. The van der Waals surface area contributed by atoms with Crippen LogP contribution in [-0.4, -0.2) is 16.1 Å². The van der Waals surface area contributed by atoms with Crippen molar-refractivity contribution in [3.8, 4) is 0 Å². The maximum atomic E-state index is 12.0. The van der Waals surface area contributed by atoms with Crippen LogP contribution in [0.5, 0.6) is 0 Å². The third-order valence-corrected chi connectivity index (χ3v) is 3.48. The molecule has 2 rings (SSSR count). The van der Waals surface area contributed by atoms with Gasteiger partial charge >= 0.3 is 0 Å². The first kappa shape index (κ1) is 14.5. The Bertz CT molecular complexity index is 611. The van der Waals surface area contributed by atoms with E-state index >= 15 is 0 Å². The summed E-state index contributed by atoms with van der Waals surface area (Å²) in [5.74, 6) is 0.296. The van der Waals surface area contributed by atoms with Crippen LogP contribution in [0.15, 0.2) is 22.9 Å². The molecule has 106 valence electrons. The predicted molar refractivity (Wildman–Crippen MR) is 76.7 cm³/mol. The van der Waals surface area contributed by atoms with Crippen LogP contribution in [0.25, 0.3) is 0 Å². The van der Waals surface area contributed by atoms with Crippen molar-refractivity contribution in [1.82, 2.24) is 10.2 Å². The Balaban J connectivity index is 2.49. The number of benzene rings is 1. The van der Waals surface area contributed by atoms with Crippen molar-refractivity contribution >= 4 is 23.2 Å². The normalized spacial score (nSPS) is 10.6. The third-order valence-electron chi connectivity index (χ3n) is 3.13. The quantitative estimate of drug-likeness (QED) is 0.869. The molecule has 20 heavy (non-hydrogen) atoms. The lowest BCUT2D eigenvalue weighted by Gasteiger charge is -2.25. The topological polar surface area (TPSA) is 59.2 Å². The van der Waals surface area contributed by atoms with E-state index in [0.29, 0.717) is 10.9 Å².